The fourth-order valence-corrected chi connectivity index (χ4v) is 4.51. The number of halogens is 1. The van der Waals surface area contributed by atoms with Crippen molar-refractivity contribution in [2.24, 2.45) is 0 Å². The van der Waals surface area contributed by atoms with Crippen LogP contribution in [-0.4, -0.2) is 20.6 Å². The highest BCUT2D eigenvalue weighted by Gasteiger charge is 2.20. The topological polar surface area (TPSA) is 66.5 Å². The van der Waals surface area contributed by atoms with Crippen LogP contribution in [0.2, 0.25) is 0 Å². The number of nitrogens with zero attached hydrogens (tertiary/aromatic N) is 1. The minimum Gasteiger partial charge on any atom is -0.346 e. The maximum Gasteiger partial charge on any atom is 0.251 e. The molecule has 0 saturated carbocycles. The Bertz CT molecular complexity index is 1220. The number of carbonyl (C=O) groups excluding carboxylic acids is 1. The summed E-state index contributed by atoms with van der Waals surface area (Å²) in [4.78, 5) is 12.7. The lowest BCUT2D eigenvalue weighted by atomic mass is 10.00. The van der Waals surface area contributed by atoms with Gasteiger partial charge in [0.25, 0.3) is 5.91 Å². The average molecular weight is 455 g/mol. The molecule has 7 heteroatoms. The van der Waals surface area contributed by atoms with E-state index in [-0.39, 0.29) is 24.1 Å². The Morgan fingerprint density at radius 3 is 2.28 bits per heavy atom. The van der Waals surface area contributed by atoms with E-state index in [0.717, 1.165) is 27.3 Å². The van der Waals surface area contributed by atoms with E-state index < -0.39 is 15.8 Å². The second kappa shape index (κ2) is 9.53. The highest BCUT2D eigenvalue weighted by Crippen LogP contribution is 2.23. The Hall–Kier alpha value is -3.19. The first-order valence-corrected chi connectivity index (χ1v) is 12.1. The van der Waals surface area contributed by atoms with E-state index >= 15 is 0 Å². The number of anilines is 1. The van der Waals surface area contributed by atoms with Crippen LogP contribution in [0.5, 0.6) is 0 Å². The molecule has 0 fully saturated rings. The minimum absolute atomic E-state index is 0.138. The molecule has 0 bridgehead atoms. The molecule has 1 atom stereocenters. The summed E-state index contributed by atoms with van der Waals surface area (Å²) in [6.07, 6.45) is 1.07. The number of hydrogen-bond donors (Lipinski definition) is 1. The second-order valence-electron chi connectivity index (χ2n) is 7.96. The summed E-state index contributed by atoms with van der Waals surface area (Å²) in [7, 11) is -3.66. The maximum atomic E-state index is 14.1. The number of amides is 1. The normalized spacial score (nSPS) is 12.3. The molecular formula is C25H27FN2O3S. The van der Waals surface area contributed by atoms with Gasteiger partial charge in [-0.2, -0.15) is 0 Å². The minimum atomic E-state index is -3.66. The Balaban J connectivity index is 1.78. The predicted octanol–water partition coefficient (Wildman–Crippen LogP) is 4.90. The van der Waals surface area contributed by atoms with Gasteiger partial charge < -0.3 is 5.32 Å². The third-order valence-corrected chi connectivity index (χ3v) is 6.47. The van der Waals surface area contributed by atoms with Gasteiger partial charge in [0.2, 0.25) is 10.0 Å². The van der Waals surface area contributed by atoms with Crippen LogP contribution < -0.4 is 9.62 Å². The van der Waals surface area contributed by atoms with Gasteiger partial charge in [-0.1, -0.05) is 42.0 Å². The summed E-state index contributed by atoms with van der Waals surface area (Å²) in [5, 5.41) is 2.98. The Kier molecular flexibility index (Phi) is 6.99. The molecule has 3 rings (SSSR count). The van der Waals surface area contributed by atoms with Crippen molar-refractivity contribution in [3.05, 3.63) is 100 Å². The van der Waals surface area contributed by atoms with Crippen LogP contribution >= 0.6 is 0 Å². The largest absolute Gasteiger partial charge is 0.346 e. The zero-order valence-electron chi connectivity index (χ0n) is 18.6. The number of carbonyl (C=O) groups is 1. The van der Waals surface area contributed by atoms with E-state index in [9.17, 15) is 17.6 Å². The van der Waals surface area contributed by atoms with Gasteiger partial charge in [0.15, 0.2) is 0 Å². The van der Waals surface area contributed by atoms with Gasteiger partial charge in [0, 0.05) is 11.1 Å². The Morgan fingerprint density at radius 1 is 1.03 bits per heavy atom. The Labute approximate surface area is 188 Å². The summed E-state index contributed by atoms with van der Waals surface area (Å²) < 4.78 is 39.9. The quantitative estimate of drug-likeness (QED) is 0.552. The van der Waals surface area contributed by atoms with Crippen molar-refractivity contribution in [1.29, 1.82) is 0 Å². The number of rotatable bonds is 7. The molecule has 0 aliphatic heterocycles. The van der Waals surface area contributed by atoms with Gasteiger partial charge in [-0.25, -0.2) is 12.8 Å². The molecule has 5 nitrogen and oxygen atoms in total. The molecule has 3 aromatic rings. The fourth-order valence-electron chi connectivity index (χ4n) is 3.63. The molecule has 0 aliphatic rings. The SMILES string of the molecule is Cc1ccc([C@H](C)NC(=O)c2ccc(N(Cc3ccccc3F)S(C)(=O)=O)cc2)c(C)c1. The molecule has 0 unspecified atom stereocenters. The van der Waals surface area contributed by atoms with Crippen molar-refractivity contribution < 1.29 is 17.6 Å². The van der Waals surface area contributed by atoms with Crippen LogP contribution in [0.4, 0.5) is 10.1 Å². The van der Waals surface area contributed by atoms with E-state index in [1.807, 2.05) is 32.9 Å². The zero-order valence-corrected chi connectivity index (χ0v) is 19.4. The van der Waals surface area contributed by atoms with Crippen molar-refractivity contribution in [2.45, 2.75) is 33.4 Å². The van der Waals surface area contributed by atoms with Crippen LogP contribution in [0.3, 0.4) is 0 Å². The van der Waals surface area contributed by atoms with Gasteiger partial charge in [-0.05, 0) is 62.2 Å². The van der Waals surface area contributed by atoms with Gasteiger partial charge in [0.1, 0.15) is 5.82 Å². The van der Waals surface area contributed by atoms with Crippen LogP contribution in [0.1, 0.15) is 45.6 Å². The first kappa shape index (κ1) is 23.5. The van der Waals surface area contributed by atoms with Gasteiger partial charge >= 0.3 is 0 Å². The van der Waals surface area contributed by atoms with E-state index in [1.54, 1.807) is 42.5 Å². The highest BCUT2D eigenvalue weighted by molar-refractivity contribution is 7.92. The standard InChI is InChI=1S/C25H27FN2O3S/c1-17-9-14-23(18(2)15-17)19(3)27-25(29)20-10-12-22(13-11-20)28(32(4,30)31)16-21-7-5-6-8-24(21)26/h5-15,19H,16H2,1-4H3,(H,27,29)/t19-/m0/s1. The highest BCUT2D eigenvalue weighted by atomic mass is 32.2. The van der Waals surface area contributed by atoms with E-state index in [1.165, 1.54) is 6.07 Å². The van der Waals surface area contributed by atoms with Crippen LogP contribution in [0, 0.1) is 19.7 Å². The molecule has 0 radical (unpaired) electrons. The summed E-state index contributed by atoms with van der Waals surface area (Å²) in [6.45, 7) is 5.81. The molecule has 1 amide bonds. The first-order chi connectivity index (χ1) is 15.1. The lowest BCUT2D eigenvalue weighted by Gasteiger charge is -2.23. The number of aryl methyl sites for hydroxylation is 2. The van der Waals surface area contributed by atoms with E-state index in [4.69, 9.17) is 0 Å². The summed E-state index contributed by atoms with van der Waals surface area (Å²) in [5.74, 6) is -0.735. The Morgan fingerprint density at radius 2 is 1.69 bits per heavy atom. The van der Waals surface area contributed by atoms with Crippen molar-refractivity contribution in [3.8, 4) is 0 Å². The summed E-state index contributed by atoms with van der Waals surface area (Å²) in [5.41, 5.74) is 4.33. The zero-order chi connectivity index (χ0) is 23.5. The molecule has 1 N–H and O–H groups in total. The van der Waals surface area contributed by atoms with Gasteiger partial charge in [0.05, 0.1) is 24.5 Å². The smallest absolute Gasteiger partial charge is 0.251 e. The van der Waals surface area contributed by atoms with Crippen LogP contribution in [0.15, 0.2) is 66.7 Å². The van der Waals surface area contributed by atoms with Crippen LogP contribution in [-0.2, 0) is 16.6 Å². The predicted molar refractivity (Wildman–Crippen MR) is 126 cm³/mol. The molecule has 0 spiro atoms. The molecule has 32 heavy (non-hydrogen) atoms. The number of hydrogen-bond acceptors (Lipinski definition) is 3. The molecule has 168 valence electrons. The summed E-state index contributed by atoms with van der Waals surface area (Å²) >= 11 is 0. The van der Waals surface area contributed by atoms with Crippen molar-refractivity contribution in [3.63, 3.8) is 0 Å². The first-order valence-electron chi connectivity index (χ1n) is 10.3. The molecular weight excluding hydrogens is 427 g/mol. The summed E-state index contributed by atoms with van der Waals surface area (Å²) in [6, 6.07) is 18.2. The van der Waals surface area contributed by atoms with Crippen molar-refractivity contribution >= 4 is 21.6 Å². The van der Waals surface area contributed by atoms with Crippen molar-refractivity contribution in [2.75, 3.05) is 10.6 Å². The van der Waals surface area contributed by atoms with Gasteiger partial charge in [-0.3, -0.25) is 9.10 Å². The molecule has 3 aromatic carbocycles. The molecule has 0 aliphatic carbocycles. The monoisotopic (exact) mass is 454 g/mol. The maximum absolute atomic E-state index is 14.1. The average Bonchev–Trinajstić information content (AvgIpc) is 2.72. The van der Waals surface area contributed by atoms with E-state index in [2.05, 4.69) is 11.4 Å². The molecule has 0 heterocycles. The fraction of sp³-hybridized carbons (Fsp3) is 0.240. The third-order valence-electron chi connectivity index (χ3n) is 5.33. The number of nitrogens with one attached hydrogen (secondary N) is 1. The molecule has 0 aromatic heterocycles. The lowest BCUT2D eigenvalue weighted by molar-refractivity contribution is 0.0940. The second-order valence-corrected chi connectivity index (χ2v) is 9.87. The third kappa shape index (κ3) is 5.53. The van der Waals surface area contributed by atoms with Gasteiger partial charge in [-0.15, -0.1) is 0 Å². The molecule has 0 saturated heterocycles. The van der Waals surface area contributed by atoms with Crippen LogP contribution in [0.25, 0.3) is 0 Å². The number of sulfonamides is 1. The van der Waals surface area contributed by atoms with E-state index in [0.29, 0.717) is 11.3 Å². The lowest BCUT2D eigenvalue weighted by Crippen LogP contribution is -2.30. The van der Waals surface area contributed by atoms with Crippen molar-refractivity contribution in [1.82, 2.24) is 5.32 Å². The number of benzene rings is 3.